The first kappa shape index (κ1) is 10.3. The van der Waals surface area contributed by atoms with E-state index in [9.17, 15) is 0 Å². The molecule has 0 radical (unpaired) electrons. The second-order valence-electron chi connectivity index (χ2n) is 3.22. The van der Waals surface area contributed by atoms with Crippen LogP contribution in [0, 0.1) is 0 Å². The molecule has 0 aliphatic carbocycles. The van der Waals surface area contributed by atoms with Crippen LogP contribution in [0.15, 0.2) is 12.0 Å². The molecule has 0 spiro atoms. The van der Waals surface area contributed by atoms with Gasteiger partial charge in [0, 0.05) is 25.7 Å². The molecule has 13 heavy (non-hydrogen) atoms. The number of rotatable bonds is 0. The number of nitrogens with one attached hydrogen (secondary N) is 2. The number of allylic oxidation sites excluding steroid dienone is 1. The molecule has 1 saturated heterocycles. The van der Waals surface area contributed by atoms with E-state index in [1.165, 1.54) is 0 Å². The summed E-state index contributed by atoms with van der Waals surface area (Å²) in [4.78, 5) is 0. The summed E-state index contributed by atoms with van der Waals surface area (Å²) in [5, 5.41) is 6.59. The van der Waals surface area contributed by atoms with Gasteiger partial charge in [-0.05, 0) is 13.8 Å². The van der Waals surface area contributed by atoms with E-state index >= 15 is 0 Å². The van der Waals surface area contributed by atoms with E-state index in [-0.39, 0.29) is 0 Å². The fourth-order valence-corrected chi connectivity index (χ4v) is 1.11. The Balaban J connectivity index is 0.000000132. The lowest BCUT2D eigenvalue weighted by Gasteiger charge is -2.19. The first-order valence-corrected chi connectivity index (χ1v) is 4.64. The molecule has 1 unspecified atom stereocenters. The Morgan fingerprint density at radius 1 is 1.46 bits per heavy atom. The maximum atomic E-state index is 4.79. The Labute approximate surface area is 79.3 Å². The van der Waals surface area contributed by atoms with Gasteiger partial charge in [0.15, 0.2) is 0 Å². The van der Waals surface area contributed by atoms with Gasteiger partial charge in [-0.1, -0.05) is 0 Å². The van der Waals surface area contributed by atoms with Crippen LogP contribution in [0.2, 0.25) is 0 Å². The van der Waals surface area contributed by atoms with Gasteiger partial charge in [-0.15, -0.1) is 0 Å². The highest BCUT2D eigenvalue weighted by Gasteiger charge is 2.03. The number of hydrogen-bond acceptors (Lipinski definition) is 4. The van der Waals surface area contributed by atoms with Gasteiger partial charge < -0.3 is 20.1 Å². The SMILES string of the molecule is CC1=COCO1.CC1CNCCN1. The molecule has 2 aliphatic rings. The summed E-state index contributed by atoms with van der Waals surface area (Å²) in [6, 6.07) is 0.675. The van der Waals surface area contributed by atoms with Crippen molar-refractivity contribution in [2.45, 2.75) is 19.9 Å². The van der Waals surface area contributed by atoms with Gasteiger partial charge in [0.1, 0.15) is 12.0 Å². The molecule has 76 valence electrons. The maximum Gasteiger partial charge on any atom is 0.229 e. The standard InChI is InChI=1S/C5H12N2.C4H6O2/c1-5-4-6-2-3-7-5;1-4-2-5-3-6-4/h5-7H,2-4H2,1H3;2H,3H2,1H3. The highest BCUT2D eigenvalue weighted by atomic mass is 16.7. The van der Waals surface area contributed by atoms with Crippen LogP contribution in [-0.2, 0) is 9.47 Å². The van der Waals surface area contributed by atoms with Gasteiger partial charge >= 0.3 is 0 Å². The Bertz CT molecular complexity index is 165. The second kappa shape index (κ2) is 5.83. The van der Waals surface area contributed by atoms with Crippen LogP contribution >= 0.6 is 0 Å². The minimum absolute atomic E-state index is 0.395. The fourth-order valence-electron chi connectivity index (χ4n) is 1.11. The van der Waals surface area contributed by atoms with Crippen molar-refractivity contribution >= 4 is 0 Å². The van der Waals surface area contributed by atoms with Gasteiger partial charge in [-0.3, -0.25) is 0 Å². The number of hydrogen-bond donors (Lipinski definition) is 2. The first-order valence-electron chi connectivity index (χ1n) is 4.64. The molecule has 0 aromatic heterocycles. The molecule has 4 nitrogen and oxygen atoms in total. The van der Waals surface area contributed by atoms with Crippen molar-refractivity contribution in [2.24, 2.45) is 0 Å². The lowest BCUT2D eigenvalue weighted by Crippen LogP contribution is -2.46. The summed E-state index contributed by atoms with van der Waals surface area (Å²) in [7, 11) is 0. The lowest BCUT2D eigenvalue weighted by molar-refractivity contribution is 0.0813. The second-order valence-corrected chi connectivity index (χ2v) is 3.22. The molecule has 0 aromatic rings. The van der Waals surface area contributed by atoms with Crippen molar-refractivity contribution in [3.8, 4) is 0 Å². The van der Waals surface area contributed by atoms with E-state index in [1.54, 1.807) is 6.26 Å². The smallest absolute Gasteiger partial charge is 0.229 e. The summed E-state index contributed by atoms with van der Waals surface area (Å²) in [5.74, 6) is 0.856. The Morgan fingerprint density at radius 2 is 2.31 bits per heavy atom. The van der Waals surface area contributed by atoms with Crippen LogP contribution in [-0.4, -0.2) is 32.5 Å². The average molecular weight is 186 g/mol. The maximum absolute atomic E-state index is 4.79. The summed E-state index contributed by atoms with van der Waals surface area (Å²) in [6.45, 7) is 7.82. The van der Waals surface area contributed by atoms with Crippen LogP contribution in [0.1, 0.15) is 13.8 Å². The van der Waals surface area contributed by atoms with Gasteiger partial charge in [-0.25, -0.2) is 0 Å². The fraction of sp³-hybridized carbons (Fsp3) is 0.778. The van der Waals surface area contributed by atoms with E-state index in [0.29, 0.717) is 12.8 Å². The van der Waals surface area contributed by atoms with Gasteiger partial charge in [0.2, 0.25) is 6.79 Å². The molecule has 4 heteroatoms. The van der Waals surface area contributed by atoms with E-state index in [0.717, 1.165) is 25.4 Å². The molecule has 2 heterocycles. The Hall–Kier alpha value is -0.740. The predicted octanol–water partition coefficient (Wildman–Crippen LogP) is 0.420. The van der Waals surface area contributed by atoms with Gasteiger partial charge in [0.05, 0.1) is 0 Å². The van der Waals surface area contributed by atoms with Crippen molar-refractivity contribution in [1.82, 2.24) is 10.6 Å². The quantitative estimate of drug-likeness (QED) is 0.575. The Morgan fingerprint density at radius 3 is 2.54 bits per heavy atom. The molecule has 0 amide bonds. The van der Waals surface area contributed by atoms with Gasteiger partial charge in [0.25, 0.3) is 0 Å². The Kier molecular flexibility index (Phi) is 4.64. The van der Waals surface area contributed by atoms with Crippen molar-refractivity contribution in [1.29, 1.82) is 0 Å². The zero-order chi connectivity index (χ0) is 9.52. The molecule has 0 bridgehead atoms. The van der Waals surface area contributed by atoms with Crippen molar-refractivity contribution in [3.05, 3.63) is 12.0 Å². The minimum atomic E-state index is 0.395. The summed E-state index contributed by atoms with van der Waals surface area (Å²) in [5.41, 5.74) is 0. The monoisotopic (exact) mass is 186 g/mol. The number of ether oxygens (including phenoxy) is 2. The summed E-state index contributed by atoms with van der Waals surface area (Å²) < 4.78 is 9.46. The molecular weight excluding hydrogens is 168 g/mol. The lowest BCUT2D eigenvalue weighted by atomic mass is 10.3. The molecule has 1 fully saturated rings. The van der Waals surface area contributed by atoms with Crippen LogP contribution < -0.4 is 10.6 Å². The molecular formula is C9H18N2O2. The van der Waals surface area contributed by atoms with Crippen molar-refractivity contribution in [3.63, 3.8) is 0 Å². The third kappa shape index (κ3) is 4.75. The zero-order valence-corrected chi connectivity index (χ0v) is 8.30. The summed E-state index contributed by atoms with van der Waals surface area (Å²) >= 11 is 0. The van der Waals surface area contributed by atoms with Crippen LogP contribution in [0.5, 0.6) is 0 Å². The minimum Gasteiger partial charge on any atom is -0.462 e. The van der Waals surface area contributed by atoms with Crippen LogP contribution in [0.4, 0.5) is 0 Å². The van der Waals surface area contributed by atoms with Gasteiger partial charge in [-0.2, -0.15) is 0 Å². The predicted molar refractivity (Wildman–Crippen MR) is 51.1 cm³/mol. The summed E-state index contributed by atoms with van der Waals surface area (Å²) in [6.07, 6.45) is 1.60. The van der Waals surface area contributed by atoms with Crippen molar-refractivity contribution in [2.75, 3.05) is 26.4 Å². The molecule has 1 atom stereocenters. The third-order valence-electron chi connectivity index (χ3n) is 1.85. The zero-order valence-electron chi connectivity index (χ0n) is 8.30. The van der Waals surface area contributed by atoms with Crippen LogP contribution in [0.3, 0.4) is 0 Å². The van der Waals surface area contributed by atoms with Crippen molar-refractivity contribution < 1.29 is 9.47 Å². The largest absolute Gasteiger partial charge is 0.462 e. The molecule has 2 N–H and O–H groups in total. The topological polar surface area (TPSA) is 42.5 Å². The third-order valence-corrected chi connectivity index (χ3v) is 1.85. The van der Waals surface area contributed by atoms with E-state index in [1.807, 2.05) is 6.92 Å². The highest BCUT2D eigenvalue weighted by Crippen LogP contribution is 2.02. The van der Waals surface area contributed by atoms with E-state index in [4.69, 9.17) is 4.74 Å². The normalized spacial score (nSPS) is 26.3. The molecule has 0 aromatic carbocycles. The van der Waals surface area contributed by atoms with Crippen LogP contribution in [0.25, 0.3) is 0 Å². The van der Waals surface area contributed by atoms with E-state index < -0.39 is 0 Å². The molecule has 2 aliphatic heterocycles. The highest BCUT2D eigenvalue weighted by molar-refractivity contribution is 4.83. The first-order chi connectivity index (χ1) is 6.29. The van der Waals surface area contributed by atoms with E-state index in [2.05, 4.69) is 22.3 Å². The average Bonchev–Trinajstić information content (AvgIpc) is 2.58. The molecule has 0 saturated carbocycles. The molecule has 2 rings (SSSR count). The number of piperazine rings is 1.